The van der Waals surface area contributed by atoms with Crippen molar-refractivity contribution < 1.29 is 18.7 Å². The molecule has 0 aromatic carbocycles. The molecule has 0 bridgehead atoms. The number of ketones is 1. The van der Waals surface area contributed by atoms with Crippen LogP contribution in [0.1, 0.15) is 56.5 Å². The first-order valence-electron chi connectivity index (χ1n) is 12.3. The number of imidazole rings is 2. The number of nitrogens with zero attached hydrogens (tertiary/aromatic N) is 6. The summed E-state index contributed by atoms with van der Waals surface area (Å²) in [6.07, 6.45) is 6.38. The van der Waals surface area contributed by atoms with Gasteiger partial charge in [0.15, 0.2) is 17.3 Å². The second-order valence-corrected chi connectivity index (χ2v) is 10.8. The average Bonchev–Trinajstić information content (AvgIpc) is 3.39. The number of anilines is 1. The normalized spacial score (nSPS) is 18.6. The Labute approximate surface area is 214 Å². The van der Waals surface area contributed by atoms with Gasteiger partial charge in [-0.05, 0) is 59.7 Å². The van der Waals surface area contributed by atoms with Gasteiger partial charge in [0.25, 0.3) is 0 Å². The van der Waals surface area contributed by atoms with Crippen molar-refractivity contribution in [2.24, 2.45) is 0 Å². The second-order valence-electron chi connectivity index (χ2n) is 10.8. The van der Waals surface area contributed by atoms with Gasteiger partial charge < -0.3 is 14.0 Å². The number of carbonyl (C=O) groups excluding carboxylic acids is 2. The van der Waals surface area contributed by atoms with E-state index in [-0.39, 0.29) is 41.0 Å². The smallest absolute Gasteiger partial charge is 0.410 e. The molecule has 0 unspecified atom stereocenters. The number of halogens is 1. The van der Waals surface area contributed by atoms with Gasteiger partial charge in [0.05, 0.1) is 29.5 Å². The molecule has 1 saturated heterocycles. The minimum Gasteiger partial charge on any atom is -0.444 e. The van der Waals surface area contributed by atoms with E-state index >= 15 is 0 Å². The fourth-order valence-electron chi connectivity index (χ4n) is 4.99. The van der Waals surface area contributed by atoms with Crippen molar-refractivity contribution in [2.75, 3.05) is 18.0 Å². The molecule has 4 aromatic heterocycles. The Hall–Kier alpha value is -3.95. The van der Waals surface area contributed by atoms with Crippen molar-refractivity contribution in [1.29, 1.82) is 0 Å². The van der Waals surface area contributed by atoms with E-state index < -0.39 is 11.4 Å². The monoisotopic (exact) mass is 506 g/mol. The minimum atomic E-state index is -0.559. The molecule has 0 saturated carbocycles. The van der Waals surface area contributed by atoms with Crippen LogP contribution in [0.3, 0.4) is 0 Å². The Morgan fingerprint density at radius 3 is 2.49 bits per heavy atom. The van der Waals surface area contributed by atoms with Gasteiger partial charge in [0.2, 0.25) is 5.78 Å². The fourth-order valence-corrected chi connectivity index (χ4v) is 4.99. The number of amides is 1. The zero-order valence-electron chi connectivity index (χ0n) is 21.9. The molecular weight excluding hydrogens is 475 g/mol. The highest BCUT2D eigenvalue weighted by Crippen LogP contribution is 2.26. The van der Waals surface area contributed by atoms with Crippen LogP contribution >= 0.6 is 0 Å². The number of pyridine rings is 2. The third-order valence-electron chi connectivity index (χ3n) is 6.50. The zero-order valence-corrected chi connectivity index (χ0v) is 21.9. The summed E-state index contributed by atoms with van der Waals surface area (Å²) >= 11 is 0. The Kier molecular flexibility index (Phi) is 5.92. The number of hydrogen-bond acceptors (Lipinski definition) is 6. The first-order valence-corrected chi connectivity index (χ1v) is 12.3. The number of piperazine rings is 1. The lowest BCUT2D eigenvalue weighted by Crippen LogP contribution is -2.59. The molecule has 2 atom stereocenters. The second kappa shape index (κ2) is 8.86. The third kappa shape index (κ3) is 4.63. The largest absolute Gasteiger partial charge is 0.444 e. The highest BCUT2D eigenvalue weighted by molar-refractivity contribution is 6.07. The molecule has 1 amide bonds. The molecule has 0 spiro atoms. The third-order valence-corrected chi connectivity index (χ3v) is 6.50. The summed E-state index contributed by atoms with van der Waals surface area (Å²) in [5.41, 5.74) is 2.20. The van der Waals surface area contributed by atoms with Gasteiger partial charge in [-0.2, -0.15) is 0 Å². The van der Waals surface area contributed by atoms with Crippen LogP contribution in [0.25, 0.3) is 11.2 Å². The van der Waals surface area contributed by atoms with Crippen LogP contribution in [0, 0.1) is 12.7 Å². The molecular formula is C27H31FN6O3. The summed E-state index contributed by atoms with van der Waals surface area (Å²) in [5.74, 6) is -0.738. The van der Waals surface area contributed by atoms with Gasteiger partial charge >= 0.3 is 6.09 Å². The zero-order chi connectivity index (χ0) is 26.6. The number of hydrogen-bond donors (Lipinski definition) is 0. The Balaban J connectivity index is 1.38. The highest BCUT2D eigenvalue weighted by Gasteiger charge is 2.35. The predicted octanol–water partition coefficient (Wildman–Crippen LogP) is 4.49. The molecule has 10 heteroatoms. The van der Waals surface area contributed by atoms with Crippen molar-refractivity contribution in [3.8, 4) is 0 Å². The molecule has 4 aromatic rings. The summed E-state index contributed by atoms with van der Waals surface area (Å²) in [7, 11) is 0. The van der Waals surface area contributed by atoms with Gasteiger partial charge in [0.1, 0.15) is 5.60 Å². The summed E-state index contributed by atoms with van der Waals surface area (Å²) in [6, 6.07) is 5.00. The van der Waals surface area contributed by atoms with E-state index in [0.717, 1.165) is 11.2 Å². The van der Waals surface area contributed by atoms with Gasteiger partial charge in [0, 0.05) is 42.9 Å². The maximum atomic E-state index is 14.6. The van der Waals surface area contributed by atoms with Gasteiger partial charge in [-0.1, -0.05) is 0 Å². The van der Waals surface area contributed by atoms with Crippen LogP contribution in [0.4, 0.5) is 14.9 Å². The van der Waals surface area contributed by atoms with E-state index in [9.17, 15) is 14.0 Å². The molecule has 5 heterocycles. The molecule has 0 N–H and O–H groups in total. The van der Waals surface area contributed by atoms with Crippen molar-refractivity contribution in [1.82, 2.24) is 23.7 Å². The summed E-state index contributed by atoms with van der Waals surface area (Å²) in [4.78, 5) is 38.5. The molecule has 9 nitrogen and oxygen atoms in total. The van der Waals surface area contributed by atoms with Crippen molar-refractivity contribution in [3.63, 3.8) is 0 Å². The van der Waals surface area contributed by atoms with Gasteiger partial charge in [-0.25, -0.2) is 19.2 Å². The quantitative estimate of drug-likeness (QED) is 0.381. The predicted molar refractivity (Wildman–Crippen MR) is 138 cm³/mol. The van der Waals surface area contributed by atoms with Crippen LogP contribution in [0.2, 0.25) is 0 Å². The molecule has 37 heavy (non-hydrogen) atoms. The van der Waals surface area contributed by atoms with E-state index in [1.165, 1.54) is 10.5 Å². The number of carbonyl (C=O) groups is 2. The van der Waals surface area contributed by atoms with Gasteiger partial charge in [-0.3, -0.25) is 14.1 Å². The highest BCUT2D eigenvalue weighted by atomic mass is 19.1. The average molecular weight is 507 g/mol. The first kappa shape index (κ1) is 24.7. The van der Waals surface area contributed by atoms with E-state index in [0.29, 0.717) is 18.8 Å². The van der Waals surface area contributed by atoms with E-state index in [2.05, 4.69) is 14.9 Å². The van der Waals surface area contributed by atoms with Crippen LogP contribution in [-0.2, 0) is 4.74 Å². The molecule has 194 valence electrons. The van der Waals surface area contributed by atoms with Crippen LogP contribution in [0.15, 0.2) is 43.0 Å². The molecule has 5 rings (SSSR count). The SMILES string of the molecule is Cc1cn2cc(C(=O)c3ncc4cc(N5C[C@H](C)N(C(=O)OC(C)(C)C)[C@@H](C)C5)ccn34)cc(F)c2n1. The van der Waals surface area contributed by atoms with Crippen LogP contribution in [0.5, 0.6) is 0 Å². The number of aryl methyl sites for hydroxylation is 1. The summed E-state index contributed by atoms with van der Waals surface area (Å²) in [6.45, 7) is 12.7. The van der Waals surface area contributed by atoms with Crippen molar-refractivity contribution in [3.05, 3.63) is 65.9 Å². The van der Waals surface area contributed by atoms with E-state index in [4.69, 9.17) is 4.74 Å². The number of fused-ring (bicyclic) bond motifs is 2. The number of rotatable bonds is 3. The standard InChI is InChI=1S/C27H31FN6O3/c1-16-12-32-15-19(9-22(28)24(32)30-16)23(35)25-29-11-21-10-20(7-8-33(21)25)31-13-17(2)34(18(3)14-31)26(36)37-27(4,5)6/h7-12,15,17-18H,13-14H2,1-6H3/t17-,18-/m0/s1. The minimum absolute atomic E-state index is 0.0477. The van der Waals surface area contributed by atoms with Crippen molar-refractivity contribution >= 4 is 28.7 Å². The number of ether oxygens (including phenoxy) is 1. The van der Waals surface area contributed by atoms with Crippen LogP contribution in [-0.4, -0.2) is 66.3 Å². The Bertz CT molecular complexity index is 1510. The maximum absolute atomic E-state index is 14.6. The molecule has 0 aliphatic carbocycles. The van der Waals surface area contributed by atoms with Crippen molar-refractivity contribution in [2.45, 2.75) is 59.2 Å². The maximum Gasteiger partial charge on any atom is 0.410 e. The summed E-state index contributed by atoms with van der Waals surface area (Å²) < 4.78 is 23.4. The molecule has 1 aliphatic rings. The lowest BCUT2D eigenvalue weighted by atomic mass is 10.1. The lowest BCUT2D eigenvalue weighted by molar-refractivity contribution is 0.00565. The van der Waals surface area contributed by atoms with Crippen LogP contribution < -0.4 is 4.90 Å². The van der Waals surface area contributed by atoms with E-state index in [1.54, 1.807) is 41.0 Å². The molecule has 1 aliphatic heterocycles. The Morgan fingerprint density at radius 1 is 1.11 bits per heavy atom. The molecule has 1 fully saturated rings. The Morgan fingerprint density at radius 2 is 1.81 bits per heavy atom. The first-order chi connectivity index (χ1) is 17.4. The number of aromatic nitrogens is 4. The summed E-state index contributed by atoms with van der Waals surface area (Å²) in [5, 5.41) is 0. The fraction of sp³-hybridized carbons (Fsp3) is 0.407. The molecule has 0 radical (unpaired) electrons. The van der Waals surface area contributed by atoms with Gasteiger partial charge in [-0.15, -0.1) is 0 Å². The van der Waals surface area contributed by atoms with E-state index in [1.807, 2.05) is 46.8 Å². The lowest BCUT2D eigenvalue weighted by Gasteiger charge is -2.45. The topological polar surface area (TPSA) is 84.5 Å².